The van der Waals surface area contributed by atoms with E-state index in [1.165, 1.54) is 6.08 Å². The SMILES string of the molecule is CC[C@H](C)N(Cc1cc(F)c(C2=CC(=O)C2)cc1F)S(C)(=O)=O. The molecule has 0 N–H and O–H groups in total. The van der Waals surface area contributed by atoms with Crippen molar-refractivity contribution in [3.05, 3.63) is 41.0 Å². The summed E-state index contributed by atoms with van der Waals surface area (Å²) in [7, 11) is -3.54. The second kappa shape index (κ2) is 6.49. The van der Waals surface area contributed by atoms with Crippen LogP contribution < -0.4 is 0 Å². The van der Waals surface area contributed by atoms with Crippen LogP contribution in [-0.4, -0.2) is 30.8 Å². The monoisotopic (exact) mass is 343 g/mol. The molecule has 7 heteroatoms. The summed E-state index contributed by atoms with van der Waals surface area (Å²) in [5.41, 5.74) is 0.489. The van der Waals surface area contributed by atoms with Crippen molar-refractivity contribution in [3.63, 3.8) is 0 Å². The Bertz CT molecular complexity index is 772. The Kier molecular flexibility index (Phi) is 5.01. The maximum absolute atomic E-state index is 14.3. The van der Waals surface area contributed by atoms with Gasteiger partial charge in [0, 0.05) is 30.1 Å². The van der Waals surface area contributed by atoms with Crippen molar-refractivity contribution in [1.29, 1.82) is 0 Å². The fraction of sp³-hybridized carbons (Fsp3) is 0.438. The lowest BCUT2D eigenvalue weighted by molar-refractivity contribution is -0.114. The third-order valence-electron chi connectivity index (χ3n) is 4.02. The van der Waals surface area contributed by atoms with Gasteiger partial charge in [0.05, 0.1) is 6.26 Å². The van der Waals surface area contributed by atoms with Gasteiger partial charge in [0.2, 0.25) is 10.0 Å². The first-order valence-corrected chi connectivity index (χ1v) is 9.16. The summed E-state index contributed by atoms with van der Waals surface area (Å²) in [6.45, 7) is 3.31. The zero-order valence-electron chi connectivity index (χ0n) is 13.3. The fourth-order valence-corrected chi connectivity index (χ4v) is 3.63. The maximum Gasteiger partial charge on any atom is 0.211 e. The molecule has 0 unspecified atom stereocenters. The molecule has 0 bridgehead atoms. The molecular formula is C16H19F2NO3S. The highest BCUT2D eigenvalue weighted by Gasteiger charge is 2.26. The largest absolute Gasteiger partial charge is 0.294 e. The van der Waals surface area contributed by atoms with Crippen LogP contribution in [0.2, 0.25) is 0 Å². The lowest BCUT2D eigenvalue weighted by Gasteiger charge is -2.26. The lowest BCUT2D eigenvalue weighted by Crippen LogP contribution is -2.37. The smallest absolute Gasteiger partial charge is 0.211 e. The molecule has 0 fully saturated rings. The Morgan fingerprint density at radius 3 is 2.35 bits per heavy atom. The van der Waals surface area contributed by atoms with Gasteiger partial charge in [-0.3, -0.25) is 4.79 Å². The maximum atomic E-state index is 14.3. The minimum atomic E-state index is -3.54. The van der Waals surface area contributed by atoms with Crippen molar-refractivity contribution in [2.75, 3.05) is 6.26 Å². The highest BCUT2D eigenvalue weighted by Crippen LogP contribution is 2.30. The summed E-state index contributed by atoms with van der Waals surface area (Å²) in [5, 5.41) is 0. The highest BCUT2D eigenvalue weighted by atomic mass is 32.2. The van der Waals surface area contributed by atoms with Crippen LogP contribution in [0.1, 0.15) is 37.8 Å². The van der Waals surface area contributed by atoms with Gasteiger partial charge in [-0.15, -0.1) is 0 Å². The second-order valence-corrected chi connectivity index (χ2v) is 7.74. The third-order valence-corrected chi connectivity index (χ3v) is 5.36. The Balaban J connectivity index is 2.35. The summed E-state index contributed by atoms with van der Waals surface area (Å²) in [6.07, 6.45) is 2.98. The molecule has 4 nitrogen and oxygen atoms in total. The first-order chi connectivity index (χ1) is 10.6. The number of hydrogen-bond acceptors (Lipinski definition) is 3. The molecule has 0 aliphatic heterocycles. The van der Waals surface area contributed by atoms with E-state index in [0.29, 0.717) is 12.0 Å². The second-order valence-electron chi connectivity index (χ2n) is 5.80. The predicted octanol–water partition coefficient (Wildman–Crippen LogP) is 2.88. The van der Waals surface area contributed by atoms with E-state index in [9.17, 15) is 22.0 Å². The van der Waals surface area contributed by atoms with Crippen LogP contribution in [0.3, 0.4) is 0 Å². The van der Waals surface area contributed by atoms with Crippen LogP contribution in [0.15, 0.2) is 18.2 Å². The number of sulfonamides is 1. The van der Waals surface area contributed by atoms with Crippen molar-refractivity contribution in [2.24, 2.45) is 0 Å². The van der Waals surface area contributed by atoms with E-state index in [1.54, 1.807) is 6.92 Å². The van der Waals surface area contributed by atoms with Gasteiger partial charge in [0.15, 0.2) is 5.78 Å². The van der Waals surface area contributed by atoms with Crippen LogP contribution >= 0.6 is 0 Å². The van der Waals surface area contributed by atoms with E-state index in [-0.39, 0.29) is 35.9 Å². The Hall–Kier alpha value is -1.60. The molecule has 2 rings (SSSR count). The number of halogens is 2. The Labute approximate surface area is 134 Å². The number of allylic oxidation sites excluding steroid dienone is 2. The number of nitrogens with zero attached hydrogens (tertiary/aromatic N) is 1. The molecule has 1 aromatic rings. The summed E-state index contributed by atoms with van der Waals surface area (Å²) in [4.78, 5) is 10.9. The van der Waals surface area contributed by atoms with Gasteiger partial charge >= 0.3 is 0 Å². The van der Waals surface area contributed by atoms with Crippen LogP contribution in [0.4, 0.5) is 8.78 Å². The molecule has 0 saturated carbocycles. The molecular weight excluding hydrogens is 324 g/mol. The van der Waals surface area contributed by atoms with Crippen molar-refractivity contribution in [1.82, 2.24) is 4.31 Å². The van der Waals surface area contributed by atoms with E-state index < -0.39 is 21.7 Å². The summed E-state index contributed by atoms with van der Waals surface area (Å²) < 4.78 is 53.3. The van der Waals surface area contributed by atoms with E-state index in [0.717, 1.165) is 22.7 Å². The molecule has 23 heavy (non-hydrogen) atoms. The number of hydrogen-bond donors (Lipinski definition) is 0. The van der Waals surface area contributed by atoms with Gasteiger partial charge in [0.25, 0.3) is 0 Å². The molecule has 0 aromatic heterocycles. The van der Waals surface area contributed by atoms with Crippen molar-refractivity contribution in [3.8, 4) is 0 Å². The minimum absolute atomic E-state index is 0.0248. The first-order valence-electron chi connectivity index (χ1n) is 7.32. The van der Waals surface area contributed by atoms with Gasteiger partial charge in [0.1, 0.15) is 11.6 Å². The first kappa shape index (κ1) is 17.7. The number of carbonyl (C=O) groups is 1. The molecule has 0 spiro atoms. The molecule has 0 amide bonds. The van der Waals surface area contributed by atoms with Gasteiger partial charge in [-0.05, 0) is 37.1 Å². The molecule has 1 atom stereocenters. The third kappa shape index (κ3) is 3.84. The Morgan fingerprint density at radius 1 is 1.26 bits per heavy atom. The zero-order valence-corrected chi connectivity index (χ0v) is 14.1. The number of ketones is 1. The van der Waals surface area contributed by atoms with E-state index in [4.69, 9.17) is 0 Å². The van der Waals surface area contributed by atoms with Gasteiger partial charge < -0.3 is 0 Å². The number of carbonyl (C=O) groups excluding carboxylic acids is 1. The minimum Gasteiger partial charge on any atom is -0.294 e. The normalized spacial score (nSPS) is 16.3. The average molecular weight is 343 g/mol. The average Bonchev–Trinajstić information content (AvgIpc) is 2.42. The molecule has 1 aliphatic rings. The zero-order chi connectivity index (χ0) is 17.4. The standard InChI is InChI=1S/C16H19F2NO3S/c1-4-10(2)19(23(3,21)22)9-12-7-16(18)14(8-15(12)17)11-5-13(20)6-11/h5,7-8,10H,4,6,9H2,1-3H3/t10-/m0/s1. The quantitative estimate of drug-likeness (QED) is 0.798. The Morgan fingerprint density at radius 2 is 1.87 bits per heavy atom. The summed E-state index contributed by atoms with van der Waals surface area (Å²) in [5.74, 6) is -1.46. The van der Waals surface area contributed by atoms with Crippen LogP contribution in [0, 0.1) is 11.6 Å². The van der Waals surface area contributed by atoms with Crippen molar-refractivity contribution < 1.29 is 22.0 Å². The van der Waals surface area contributed by atoms with Crippen molar-refractivity contribution in [2.45, 2.75) is 39.3 Å². The molecule has 0 radical (unpaired) electrons. The van der Waals surface area contributed by atoms with Gasteiger partial charge in [-0.2, -0.15) is 4.31 Å². The molecule has 126 valence electrons. The highest BCUT2D eigenvalue weighted by molar-refractivity contribution is 7.88. The molecule has 0 heterocycles. The predicted molar refractivity (Wildman–Crippen MR) is 84.1 cm³/mol. The lowest BCUT2D eigenvalue weighted by atomic mass is 9.90. The molecule has 0 saturated heterocycles. The summed E-state index contributed by atoms with van der Waals surface area (Å²) >= 11 is 0. The summed E-state index contributed by atoms with van der Waals surface area (Å²) in [6, 6.07) is 1.72. The topological polar surface area (TPSA) is 54.5 Å². The number of benzene rings is 1. The van der Waals surface area contributed by atoms with Gasteiger partial charge in [-0.1, -0.05) is 6.92 Å². The van der Waals surface area contributed by atoms with Crippen LogP contribution in [0.25, 0.3) is 5.57 Å². The van der Waals surface area contributed by atoms with E-state index >= 15 is 0 Å². The number of rotatable bonds is 6. The molecule has 1 aromatic carbocycles. The van der Waals surface area contributed by atoms with Crippen LogP contribution in [-0.2, 0) is 21.4 Å². The van der Waals surface area contributed by atoms with Gasteiger partial charge in [-0.25, -0.2) is 17.2 Å². The van der Waals surface area contributed by atoms with E-state index in [2.05, 4.69) is 0 Å². The van der Waals surface area contributed by atoms with E-state index in [1.807, 2.05) is 6.92 Å². The fourth-order valence-electron chi connectivity index (χ4n) is 2.45. The van der Waals surface area contributed by atoms with Crippen molar-refractivity contribution >= 4 is 21.4 Å². The molecule has 1 aliphatic carbocycles. The van der Waals surface area contributed by atoms with Crippen LogP contribution in [0.5, 0.6) is 0 Å².